The van der Waals surface area contributed by atoms with Gasteiger partial charge < -0.3 is 14.7 Å². The third-order valence-corrected chi connectivity index (χ3v) is 6.06. The van der Waals surface area contributed by atoms with Crippen LogP contribution in [0, 0.1) is 19.8 Å². The molecule has 3 unspecified atom stereocenters. The molecule has 0 radical (unpaired) electrons. The number of rotatable bonds is 4. The van der Waals surface area contributed by atoms with Crippen molar-refractivity contribution >= 4 is 29.0 Å². The van der Waals surface area contributed by atoms with Gasteiger partial charge in [-0.3, -0.25) is 5.32 Å². The monoisotopic (exact) mass is 455 g/mol. The smallest absolute Gasteiger partial charge is 0.325 e. The van der Waals surface area contributed by atoms with Gasteiger partial charge in [-0.15, -0.1) is 5.10 Å². The Morgan fingerprint density at radius 1 is 1.27 bits per heavy atom. The minimum Gasteiger partial charge on any atom is -0.359 e. The van der Waals surface area contributed by atoms with Gasteiger partial charge in [0.1, 0.15) is 29.2 Å². The average molecular weight is 455 g/mol. The summed E-state index contributed by atoms with van der Waals surface area (Å²) in [4.78, 5) is 18.8. The van der Waals surface area contributed by atoms with E-state index in [1.165, 1.54) is 28.9 Å². The number of alkyl halides is 1. The van der Waals surface area contributed by atoms with Crippen LogP contribution >= 0.6 is 0 Å². The normalized spacial score (nSPS) is 22.6. The van der Waals surface area contributed by atoms with Gasteiger partial charge in [0.05, 0.1) is 6.20 Å². The summed E-state index contributed by atoms with van der Waals surface area (Å²) < 4.78 is 35.0. The van der Waals surface area contributed by atoms with Gasteiger partial charge in [-0.05, 0) is 57.0 Å². The Morgan fingerprint density at radius 3 is 2.91 bits per heavy atom. The van der Waals surface area contributed by atoms with Crippen molar-refractivity contribution in [2.24, 2.45) is 5.92 Å². The Labute approximate surface area is 188 Å². The molecule has 3 aromatic rings. The van der Waals surface area contributed by atoms with E-state index in [0.29, 0.717) is 41.0 Å². The number of carbonyl (C=O) groups excluding carboxylic acids is 1. The number of hydrogen-bond acceptors (Lipinski definition) is 6. The third kappa shape index (κ3) is 3.94. The van der Waals surface area contributed by atoms with Crippen LogP contribution in [0.4, 0.5) is 30.9 Å². The van der Waals surface area contributed by atoms with Crippen molar-refractivity contribution < 1.29 is 18.1 Å². The predicted octanol–water partition coefficient (Wildman–Crippen LogP) is 4.32. The maximum Gasteiger partial charge on any atom is 0.325 e. The Morgan fingerprint density at radius 2 is 2.12 bits per heavy atom. The molecular weight excluding hydrogens is 432 g/mol. The van der Waals surface area contributed by atoms with Crippen molar-refractivity contribution in [2.45, 2.75) is 38.9 Å². The van der Waals surface area contributed by atoms with Crippen molar-refractivity contribution in [3.63, 3.8) is 0 Å². The Kier molecular flexibility index (Phi) is 5.31. The number of fused-ring (bicyclic) bond motifs is 1. The first kappa shape index (κ1) is 21.1. The number of aryl methyl sites for hydroxylation is 2. The lowest BCUT2D eigenvalue weighted by atomic mass is 9.89. The number of imidazole rings is 1. The molecule has 33 heavy (non-hydrogen) atoms. The van der Waals surface area contributed by atoms with Crippen molar-refractivity contribution in [1.29, 1.82) is 0 Å². The van der Waals surface area contributed by atoms with Crippen molar-refractivity contribution in [2.75, 3.05) is 22.1 Å². The fraction of sp³-hybridized carbons (Fsp3) is 0.364. The Bertz CT molecular complexity index is 1250. The molecule has 1 saturated heterocycles. The average Bonchev–Trinajstić information content (AvgIpc) is 3.51. The van der Waals surface area contributed by atoms with E-state index in [1.54, 1.807) is 26.0 Å². The van der Waals surface area contributed by atoms with Gasteiger partial charge in [0, 0.05) is 18.5 Å². The molecule has 2 N–H and O–H groups in total. The maximum atomic E-state index is 14.6. The lowest BCUT2D eigenvalue weighted by Crippen LogP contribution is -2.40. The number of amides is 2. The molecule has 1 aliphatic heterocycles. The quantitative estimate of drug-likeness (QED) is 0.608. The molecule has 2 amide bonds. The fourth-order valence-corrected chi connectivity index (χ4v) is 4.47. The number of aromatic nitrogens is 4. The predicted molar refractivity (Wildman–Crippen MR) is 119 cm³/mol. The zero-order valence-corrected chi connectivity index (χ0v) is 18.1. The maximum absolute atomic E-state index is 14.6. The first-order valence-electron chi connectivity index (χ1n) is 10.7. The largest absolute Gasteiger partial charge is 0.359 e. The lowest BCUT2D eigenvalue weighted by Gasteiger charge is -2.32. The lowest BCUT2D eigenvalue weighted by molar-refractivity contribution is 0.262. The number of anilines is 3. The van der Waals surface area contributed by atoms with Crippen LogP contribution in [0.1, 0.15) is 24.3 Å². The van der Waals surface area contributed by atoms with Crippen LogP contribution in [0.5, 0.6) is 0 Å². The second-order valence-electron chi connectivity index (χ2n) is 8.22. The van der Waals surface area contributed by atoms with Gasteiger partial charge in [-0.2, -0.15) is 4.52 Å². The number of halogens is 2. The highest BCUT2D eigenvalue weighted by Crippen LogP contribution is 2.35. The van der Waals surface area contributed by atoms with E-state index in [1.807, 2.05) is 4.90 Å². The molecule has 11 heteroatoms. The summed E-state index contributed by atoms with van der Waals surface area (Å²) in [6.45, 7) is 4.11. The molecular formula is C22H23F2N7O2. The van der Waals surface area contributed by atoms with Crippen LogP contribution in [0.2, 0.25) is 0 Å². The molecule has 5 rings (SSSR count). The first-order valence-corrected chi connectivity index (χ1v) is 10.7. The summed E-state index contributed by atoms with van der Waals surface area (Å²) in [7, 11) is 0. The molecule has 172 valence electrons. The molecule has 0 bridgehead atoms. The van der Waals surface area contributed by atoms with Gasteiger partial charge in [0.25, 0.3) is 0 Å². The molecule has 3 atom stereocenters. The van der Waals surface area contributed by atoms with Gasteiger partial charge >= 0.3 is 6.03 Å². The SMILES string of the molecule is Cc1noc(C)c1NC(=O)Nc1cnc2ccc(N3CCCC3C3C=C(F)C=CC3F)nn12. The van der Waals surface area contributed by atoms with E-state index in [9.17, 15) is 13.6 Å². The van der Waals surface area contributed by atoms with Crippen molar-refractivity contribution in [3.05, 3.63) is 53.8 Å². The van der Waals surface area contributed by atoms with Crippen molar-refractivity contribution in [1.82, 2.24) is 19.8 Å². The summed E-state index contributed by atoms with van der Waals surface area (Å²) >= 11 is 0. The Balaban J connectivity index is 1.39. The van der Waals surface area contributed by atoms with E-state index in [4.69, 9.17) is 4.52 Å². The van der Waals surface area contributed by atoms with Gasteiger partial charge in [0.2, 0.25) is 0 Å². The third-order valence-electron chi connectivity index (χ3n) is 6.06. The highest BCUT2D eigenvalue weighted by atomic mass is 19.1. The highest BCUT2D eigenvalue weighted by Gasteiger charge is 2.37. The summed E-state index contributed by atoms with van der Waals surface area (Å²) in [6, 6.07) is 2.87. The first-order chi connectivity index (χ1) is 15.9. The van der Waals surface area contributed by atoms with Gasteiger partial charge in [0.15, 0.2) is 17.2 Å². The van der Waals surface area contributed by atoms with E-state index in [2.05, 4.69) is 25.9 Å². The zero-order valence-electron chi connectivity index (χ0n) is 18.1. The van der Waals surface area contributed by atoms with Crippen LogP contribution in [-0.4, -0.2) is 44.5 Å². The van der Waals surface area contributed by atoms with Crippen molar-refractivity contribution in [3.8, 4) is 0 Å². The standard InChI is InChI=1S/C22H23F2N7O2/c1-12-21(13(2)33-29-12)27-22(32)26-20-11-25-18-7-8-19(28-31(18)20)30-9-3-4-17(30)15-10-14(23)5-6-16(15)24/h5-8,10-11,15-17H,3-4,9H2,1-2H3,(H2,26,27,32). The number of allylic oxidation sites excluding steroid dienone is 3. The van der Waals surface area contributed by atoms with Gasteiger partial charge in [-0.25, -0.2) is 18.6 Å². The number of carbonyl (C=O) groups is 1. The molecule has 4 heterocycles. The molecule has 3 aromatic heterocycles. The molecule has 1 aliphatic carbocycles. The van der Waals surface area contributed by atoms with Gasteiger partial charge in [-0.1, -0.05) is 5.16 Å². The number of nitrogens with one attached hydrogen (secondary N) is 2. The topological polar surface area (TPSA) is 101 Å². The Hall–Kier alpha value is -3.76. The number of hydrogen-bond donors (Lipinski definition) is 2. The second-order valence-corrected chi connectivity index (χ2v) is 8.22. The molecule has 0 saturated carbocycles. The molecule has 9 nitrogen and oxygen atoms in total. The van der Waals surface area contributed by atoms with E-state index in [0.717, 1.165) is 12.8 Å². The summed E-state index contributed by atoms with van der Waals surface area (Å²) in [5.74, 6) is 0.454. The molecule has 1 fully saturated rings. The van der Waals surface area contributed by atoms with Crippen LogP contribution in [0.15, 0.2) is 46.9 Å². The van der Waals surface area contributed by atoms with Crippen LogP contribution in [-0.2, 0) is 0 Å². The van der Waals surface area contributed by atoms with E-state index >= 15 is 0 Å². The molecule has 0 spiro atoms. The number of nitrogens with zero attached hydrogens (tertiary/aromatic N) is 5. The van der Waals surface area contributed by atoms with Crippen LogP contribution in [0.25, 0.3) is 5.65 Å². The molecule has 2 aliphatic rings. The van der Waals surface area contributed by atoms with Crippen LogP contribution in [0.3, 0.4) is 0 Å². The summed E-state index contributed by atoms with van der Waals surface area (Å²) in [6.07, 6.45) is 5.62. The van der Waals surface area contributed by atoms with E-state index in [-0.39, 0.29) is 6.04 Å². The minimum absolute atomic E-state index is 0.219. The number of urea groups is 1. The van der Waals surface area contributed by atoms with E-state index < -0.39 is 23.9 Å². The fourth-order valence-electron chi connectivity index (χ4n) is 4.47. The minimum atomic E-state index is -1.25. The summed E-state index contributed by atoms with van der Waals surface area (Å²) in [5.41, 5.74) is 1.60. The highest BCUT2D eigenvalue weighted by molar-refractivity contribution is 6.00. The molecule has 0 aromatic carbocycles. The summed E-state index contributed by atoms with van der Waals surface area (Å²) in [5, 5.41) is 13.9. The van der Waals surface area contributed by atoms with Crippen LogP contribution < -0.4 is 15.5 Å². The second kappa shape index (κ2) is 8.30. The zero-order chi connectivity index (χ0) is 23.1.